The summed E-state index contributed by atoms with van der Waals surface area (Å²) in [7, 11) is 0. The molecule has 2 aromatic carbocycles. The predicted molar refractivity (Wildman–Crippen MR) is 70.6 cm³/mol. The molecule has 0 heterocycles. The topological polar surface area (TPSA) is 80.4 Å². The Morgan fingerprint density at radius 3 is 2.60 bits per heavy atom. The average Bonchev–Trinajstić information content (AvgIpc) is 2.41. The summed E-state index contributed by atoms with van der Waals surface area (Å²) in [5.74, 6) is -2.23. The lowest BCUT2D eigenvalue weighted by Gasteiger charge is -2.04. The molecule has 0 unspecified atom stereocenters. The van der Waals surface area contributed by atoms with Crippen LogP contribution in [0, 0.1) is 15.9 Å². The monoisotopic (exact) mass is 293 g/mol. The van der Waals surface area contributed by atoms with Crippen LogP contribution in [0.1, 0.15) is 10.4 Å². The molecule has 5 nitrogen and oxygen atoms in total. The lowest BCUT2D eigenvalue weighted by atomic mass is 10.2. The number of nitro benzene ring substituents is 1. The quantitative estimate of drug-likeness (QED) is 0.688. The minimum Gasteiger partial charge on any atom is -0.478 e. The van der Waals surface area contributed by atoms with Crippen molar-refractivity contribution in [2.75, 3.05) is 0 Å². The number of carboxylic acids is 1. The van der Waals surface area contributed by atoms with Crippen molar-refractivity contribution in [2.24, 2.45) is 0 Å². The van der Waals surface area contributed by atoms with Crippen LogP contribution in [0.2, 0.25) is 0 Å². The highest BCUT2D eigenvalue weighted by molar-refractivity contribution is 7.99. The highest BCUT2D eigenvalue weighted by Gasteiger charge is 2.16. The zero-order chi connectivity index (χ0) is 14.7. The molecule has 0 aliphatic rings. The van der Waals surface area contributed by atoms with Crippen LogP contribution < -0.4 is 0 Å². The van der Waals surface area contributed by atoms with Crippen molar-refractivity contribution in [3.8, 4) is 0 Å². The van der Waals surface area contributed by atoms with Gasteiger partial charge in [-0.05, 0) is 24.3 Å². The summed E-state index contributed by atoms with van der Waals surface area (Å²) < 4.78 is 13.3. The Balaban J connectivity index is 2.38. The molecule has 2 aromatic rings. The molecule has 0 aromatic heterocycles. The second-order valence-electron chi connectivity index (χ2n) is 3.77. The first-order valence-electron chi connectivity index (χ1n) is 5.43. The molecule has 0 fully saturated rings. The van der Waals surface area contributed by atoms with Crippen LogP contribution in [0.5, 0.6) is 0 Å². The van der Waals surface area contributed by atoms with Crippen LogP contribution in [-0.4, -0.2) is 16.0 Å². The van der Waals surface area contributed by atoms with Gasteiger partial charge in [0.25, 0.3) is 5.69 Å². The molecule has 0 aliphatic carbocycles. The van der Waals surface area contributed by atoms with Crippen molar-refractivity contribution in [1.29, 1.82) is 0 Å². The molecule has 1 N–H and O–H groups in total. The number of carboxylic acid groups (broad SMARTS) is 1. The summed E-state index contributed by atoms with van der Waals surface area (Å²) in [6.45, 7) is 0. The third-order valence-corrected chi connectivity index (χ3v) is 3.51. The molecule has 0 amide bonds. The van der Waals surface area contributed by atoms with Crippen molar-refractivity contribution >= 4 is 23.4 Å². The molecule has 0 radical (unpaired) electrons. The molecule has 0 atom stereocenters. The summed E-state index contributed by atoms with van der Waals surface area (Å²) >= 11 is 1.01. The summed E-state index contributed by atoms with van der Waals surface area (Å²) in [5, 5.41) is 19.7. The number of halogens is 1. The van der Waals surface area contributed by atoms with Crippen LogP contribution in [0.3, 0.4) is 0 Å². The number of nitrogens with zero attached hydrogens (tertiary/aromatic N) is 1. The molecule has 0 aliphatic heterocycles. The summed E-state index contributed by atoms with van der Waals surface area (Å²) in [5.41, 5.74) is -0.549. The Kier molecular flexibility index (Phi) is 3.99. The van der Waals surface area contributed by atoms with Crippen molar-refractivity contribution < 1.29 is 19.2 Å². The van der Waals surface area contributed by atoms with Gasteiger partial charge in [0.05, 0.1) is 15.4 Å². The van der Waals surface area contributed by atoms with E-state index in [4.69, 9.17) is 5.11 Å². The molecule has 0 spiro atoms. The van der Waals surface area contributed by atoms with E-state index in [0.29, 0.717) is 9.79 Å². The fourth-order valence-corrected chi connectivity index (χ4v) is 2.51. The number of benzene rings is 2. The zero-order valence-electron chi connectivity index (χ0n) is 9.95. The molecule has 102 valence electrons. The summed E-state index contributed by atoms with van der Waals surface area (Å²) in [6.07, 6.45) is 0. The van der Waals surface area contributed by atoms with E-state index < -0.39 is 22.3 Å². The van der Waals surface area contributed by atoms with E-state index >= 15 is 0 Å². The molecule has 0 saturated carbocycles. The van der Waals surface area contributed by atoms with Crippen molar-refractivity contribution in [2.45, 2.75) is 9.79 Å². The minimum atomic E-state index is -1.38. The van der Waals surface area contributed by atoms with E-state index in [-0.39, 0.29) is 5.69 Å². The summed E-state index contributed by atoms with van der Waals surface area (Å²) in [4.78, 5) is 22.0. The third kappa shape index (κ3) is 2.94. The largest absolute Gasteiger partial charge is 0.478 e. The number of nitro groups is 1. The Morgan fingerprint density at radius 2 is 1.95 bits per heavy atom. The lowest BCUT2D eigenvalue weighted by molar-refractivity contribution is -0.387. The number of hydrogen-bond donors (Lipinski definition) is 1. The normalized spacial score (nSPS) is 10.2. The first-order chi connectivity index (χ1) is 9.49. The number of carbonyl (C=O) groups is 1. The number of para-hydroxylation sites is 1. The van der Waals surface area contributed by atoms with Crippen molar-refractivity contribution in [1.82, 2.24) is 0 Å². The second kappa shape index (κ2) is 5.70. The second-order valence-corrected chi connectivity index (χ2v) is 4.89. The maximum atomic E-state index is 13.3. The molecule has 2 rings (SSSR count). The van der Waals surface area contributed by atoms with Crippen LogP contribution in [-0.2, 0) is 0 Å². The number of hydrogen-bond acceptors (Lipinski definition) is 4. The Morgan fingerprint density at radius 1 is 1.25 bits per heavy atom. The van der Waals surface area contributed by atoms with E-state index in [1.54, 1.807) is 12.1 Å². The van der Waals surface area contributed by atoms with Crippen LogP contribution >= 0.6 is 11.8 Å². The maximum absolute atomic E-state index is 13.3. The smallest absolute Gasteiger partial charge is 0.338 e. The molecule has 20 heavy (non-hydrogen) atoms. The number of aromatic carboxylic acids is 1. The van der Waals surface area contributed by atoms with E-state index in [2.05, 4.69) is 0 Å². The first-order valence-corrected chi connectivity index (χ1v) is 6.25. The van der Waals surface area contributed by atoms with Gasteiger partial charge in [-0.15, -0.1) is 0 Å². The molecular formula is C13H8FNO4S. The SMILES string of the molecule is O=C(O)c1cc(Sc2ccccc2[N+](=O)[O-])ccc1F. The highest BCUT2D eigenvalue weighted by atomic mass is 32.2. The fourth-order valence-electron chi connectivity index (χ4n) is 1.55. The molecule has 7 heteroatoms. The zero-order valence-corrected chi connectivity index (χ0v) is 10.8. The van der Waals surface area contributed by atoms with E-state index in [1.165, 1.54) is 18.2 Å². The van der Waals surface area contributed by atoms with E-state index in [9.17, 15) is 19.3 Å². The van der Waals surface area contributed by atoms with Gasteiger partial charge in [0.2, 0.25) is 0 Å². The van der Waals surface area contributed by atoms with E-state index in [1.807, 2.05) is 0 Å². The standard InChI is InChI=1S/C13H8FNO4S/c14-10-6-5-8(7-9(10)13(16)17)20-12-4-2-1-3-11(12)15(18)19/h1-7H,(H,16,17). The Hall–Kier alpha value is -2.41. The molecule has 0 bridgehead atoms. The fraction of sp³-hybridized carbons (Fsp3) is 0. The van der Waals surface area contributed by atoms with Crippen molar-refractivity contribution in [3.63, 3.8) is 0 Å². The van der Waals surface area contributed by atoms with Gasteiger partial charge in [0.1, 0.15) is 5.82 Å². The van der Waals surface area contributed by atoms with Crippen LogP contribution in [0.15, 0.2) is 52.3 Å². The van der Waals surface area contributed by atoms with Crippen LogP contribution in [0.25, 0.3) is 0 Å². The van der Waals surface area contributed by atoms with Gasteiger partial charge >= 0.3 is 5.97 Å². The maximum Gasteiger partial charge on any atom is 0.338 e. The molecule has 0 saturated heterocycles. The Labute approximate surface area is 117 Å². The van der Waals surface area contributed by atoms with E-state index in [0.717, 1.165) is 23.9 Å². The van der Waals surface area contributed by atoms with Gasteiger partial charge in [0.15, 0.2) is 0 Å². The summed E-state index contributed by atoms with van der Waals surface area (Å²) in [6, 6.07) is 9.63. The van der Waals surface area contributed by atoms with Crippen LogP contribution in [0.4, 0.5) is 10.1 Å². The first kappa shape index (κ1) is 14.0. The minimum absolute atomic E-state index is 0.0845. The lowest BCUT2D eigenvalue weighted by Crippen LogP contribution is -2.00. The molecular weight excluding hydrogens is 285 g/mol. The van der Waals surface area contributed by atoms with Gasteiger partial charge in [-0.1, -0.05) is 23.9 Å². The van der Waals surface area contributed by atoms with Gasteiger partial charge in [-0.25, -0.2) is 9.18 Å². The average molecular weight is 293 g/mol. The van der Waals surface area contributed by atoms with Gasteiger partial charge in [0, 0.05) is 11.0 Å². The van der Waals surface area contributed by atoms with Gasteiger partial charge < -0.3 is 5.11 Å². The Bertz CT molecular complexity index is 690. The van der Waals surface area contributed by atoms with Crippen molar-refractivity contribution in [3.05, 3.63) is 64.0 Å². The highest BCUT2D eigenvalue weighted by Crippen LogP contribution is 2.35. The predicted octanol–water partition coefficient (Wildman–Crippen LogP) is 3.58. The van der Waals surface area contributed by atoms with Gasteiger partial charge in [-0.2, -0.15) is 0 Å². The van der Waals surface area contributed by atoms with Gasteiger partial charge in [-0.3, -0.25) is 10.1 Å². The third-order valence-electron chi connectivity index (χ3n) is 2.46. The number of rotatable bonds is 4.